The standard InChI is InChI=1S/C10H12BrN3O/c11-9-3-4-10(13-12-9)14-5-7-1-2-8(6-14)15-7/h3-4,7-8H,1-2,5-6H2. The van der Waals surface area contributed by atoms with E-state index in [-0.39, 0.29) is 0 Å². The summed E-state index contributed by atoms with van der Waals surface area (Å²) in [6.45, 7) is 1.90. The predicted molar refractivity (Wildman–Crippen MR) is 59.8 cm³/mol. The minimum Gasteiger partial charge on any atom is -0.371 e. The first-order valence-corrected chi connectivity index (χ1v) is 6.00. The number of hydrogen-bond donors (Lipinski definition) is 0. The molecular weight excluding hydrogens is 258 g/mol. The summed E-state index contributed by atoms with van der Waals surface area (Å²) in [6.07, 6.45) is 3.17. The van der Waals surface area contributed by atoms with Gasteiger partial charge in [-0.25, -0.2) is 0 Å². The lowest BCUT2D eigenvalue weighted by Crippen LogP contribution is -2.43. The molecule has 2 aliphatic rings. The Morgan fingerprint density at radius 1 is 1.20 bits per heavy atom. The Bertz CT molecular complexity index is 344. The van der Waals surface area contributed by atoms with Gasteiger partial charge in [-0.2, -0.15) is 0 Å². The summed E-state index contributed by atoms with van der Waals surface area (Å²) in [4.78, 5) is 2.27. The molecule has 0 aromatic carbocycles. The van der Waals surface area contributed by atoms with E-state index < -0.39 is 0 Å². The van der Waals surface area contributed by atoms with Crippen LogP contribution in [0.1, 0.15) is 12.8 Å². The predicted octanol–water partition coefficient (Wildman–Crippen LogP) is 1.61. The minimum atomic E-state index is 0.397. The summed E-state index contributed by atoms with van der Waals surface area (Å²) < 4.78 is 6.55. The maximum absolute atomic E-state index is 5.77. The van der Waals surface area contributed by atoms with E-state index in [9.17, 15) is 0 Å². The first kappa shape index (κ1) is 9.54. The van der Waals surface area contributed by atoms with Crippen LogP contribution in [0, 0.1) is 0 Å². The van der Waals surface area contributed by atoms with Gasteiger partial charge in [0.1, 0.15) is 4.60 Å². The van der Waals surface area contributed by atoms with Crippen molar-refractivity contribution < 1.29 is 4.74 Å². The molecule has 0 radical (unpaired) electrons. The van der Waals surface area contributed by atoms with Crippen molar-refractivity contribution in [1.29, 1.82) is 0 Å². The van der Waals surface area contributed by atoms with Gasteiger partial charge in [-0.05, 0) is 40.9 Å². The van der Waals surface area contributed by atoms with Gasteiger partial charge in [-0.3, -0.25) is 0 Å². The number of aromatic nitrogens is 2. The fourth-order valence-electron chi connectivity index (χ4n) is 2.28. The van der Waals surface area contributed by atoms with E-state index in [0.717, 1.165) is 23.5 Å². The number of fused-ring (bicyclic) bond motifs is 2. The first-order valence-electron chi connectivity index (χ1n) is 5.21. The number of hydrogen-bond acceptors (Lipinski definition) is 4. The molecule has 2 atom stereocenters. The van der Waals surface area contributed by atoms with E-state index >= 15 is 0 Å². The Labute approximate surface area is 96.8 Å². The van der Waals surface area contributed by atoms with Gasteiger partial charge in [-0.1, -0.05) is 0 Å². The van der Waals surface area contributed by atoms with Crippen LogP contribution in [0.5, 0.6) is 0 Å². The topological polar surface area (TPSA) is 38.2 Å². The number of morpholine rings is 1. The summed E-state index contributed by atoms with van der Waals surface area (Å²) >= 11 is 3.29. The van der Waals surface area contributed by atoms with Crippen LogP contribution in [0.3, 0.4) is 0 Å². The highest BCUT2D eigenvalue weighted by atomic mass is 79.9. The zero-order chi connectivity index (χ0) is 10.3. The molecule has 2 saturated heterocycles. The van der Waals surface area contributed by atoms with Crippen molar-refractivity contribution in [3.63, 3.8) is 0 Å². The number of halogens is 1. The molecule has 80 valence electrons. The minimum absolute atomic E-state index is 0.397. The SMILES string of the molecule is Brc1ccc(N2CC3CCC(C2)O3)nn1. The quantitative estimate of drug-likeness (QED) is 0.777. The van der Waals surface area contributed by atoms with Crippen LogP contribution in [0.25, 0.3) is 0 Å². The summed E-state index contributed by atoms with van der Waals surface area (Å²) in [7, 11) is 0. The van der Waals surface area contributed by atoms with Crippen LogP contribution in [0.2, 0.25) is 0 Å². The van der Waals surface area contributed by atoms with E-state index in [1.54, 1.807) is 0 Å². The molecule has 5 heteroatoms. The Kier molecular flexibility index (Phi) is 2.36. The molecule has 4 nitrogen and oxygen atoms in total. The third-order valence-electron chi connectivity index (χ3n) is 2.99. The normalized spacial score (nSPS) is 29.5. The van der Waals surface area contributed by atoms with Gasteiger partial charge < -0.3 is 9.64 Å². The molecule has 15 heavy (non-hydrogen) atoms. The summed E-state index contributed by atoms with van der Waals surface area (Å²) in [5.41, 5.74) is 0. The van der Waals surface area contributed by atoms with Crippen molar-refractivity contribution in [2.75, 3.05) is 18.0 Å². The van der Waals surface area contributed by atoms with E-state index in [1.165, 1.54) is 12.8 Å². The van der Waals surface area contributed by atoms with Crippen LogP contribution in [0.4, 0.5) is 5.82 Å². The maximum Gasteiger partial charge on any atom is 0.151 e. The molecular formula is C10H12BrN3O. The van der Waals surface area contributed by atoms with Crippen LogP contribution >= 0.6 is 15.9 Å². The molecule has 0 amide bonds. The zero-order valence-electron chi connectivity index (χ0n) is 8.27. The van der Waals surface area contributed by atoms with Gasteiger partial charge in [0.2, 0.25) is 0 Å². The molecule has 0 saturated carbocycles. The van der Waals surface area contributed by atoms with Crippen LogP contribution in [-0.4, -0.2) is 35.5 Å². The second kappa shape index (κ2) is 3.72. The van der Waals surface area contributed by atoms with Gasteiger partial charge in [0.25, 0.3) is 0 Å². The maximum atomic E-state index is 5.77. The van der Waals surface area contributed by atoms with E-state index in [0.29, 0.717) is 12.2 Å². The number of ether oxygens (including phenoxy) is 1. The molecule has 0 aliphatic carbocycles. The van der Waals surface area contributed by atoms with Crippen molar-refractivity contribution in [2.24, 2.45) is 0 Å². The average Bonchev–Trinajstić information content (AvgIpc) is 2.59. The first-order chi connectivity index (χ1) is 7.31. The number of rotatable bonds is 1. The van der Waals surface area contributed by atoms with Gasteiger partial charge in [0, 0.05) is 13.1 Å². The molecule has 2 fully saturated rings. The second-order valence-corrected chi connectivity index (χ2v) is 4.89. The van der Waals surface area contributed by atoms with Gasteiger partial charge in [-0.15, -0.1) is 10.2 Å². The third kappa shape index (κ3) is 1.86. The molecule has 2 bridgehead atoms. The van der Waals surface area contributed by atoms with Gasteiger partial charge >= 0.3 is 0 Å². The molecule has 3 heterocycles. The Morgan fingerprint density at radius 3 is 2.53 bits per heavy atom. The van der Waals surface area contributed by atoms with Gasteiger partial charge in [0.15, 0.2) is 5.82 Å². The Balaban J connectivity index is 1.80. The average molecular weight is 270 g/mol. The largest absolute Gasteiger partial charge is 0.371 e. The lowest BCUT2D eigenvalue weighted by molar-refractivity contribution is 0.0301. The highest BCUT2D eigenvalue weighted by molar-refractivity contribution is 9.10. The monoisotopic (exact) mass is 269 g/mol. The fourth-order valence-corrected chi connectivity index (χ4v) is 2.49. The van der Waals surface area contributed by atoms with Crippen molar-refractivity contribution in [2.45, 2.75) is 25.0 Å². The molecule has 1 aromatic heterocycles. The Morgan fingerprint density at radius 2 is 1.93 bits per heavy atom. The van der Waals surface area contributed by atoms with Crippen LogP contribution in [0.15, 0.2) is 16.7 Å². The van der Waals surface area contributed by atoms with Crippen molar-refractivity contribution in [1.82, 2.24) is 10.2 Å². The van der Waals surface area contributed by atoms with Crippen molar-refractivity contribution in [3.8, 4) is 0 Å². The molecule has 2 unspecified atom stereocenters. The van der Waals surface area contributed by atoms with Crippen LogP contribution in [-0.2, 0) is 4.74 Å². The fraction of sp³-hybridized carbons (Fsp3) is 0.600. The van der Waals surface area contributed by atoms with E-state index in [2.05, 4.69) is 31.0 Å². The number of nitrogens with zero attached hydrogens (tertiary/aromatic N) is 3. The molecule has 2 aliphatic heterocycles. The Hall–Kier alpha value is -0.680. The second-order valence-electron chi connectivity index (χ2n) is 4.08. The van der Waals surface area contributed by atoms with Gasteiger partial charge in [0.05, 0.1) is 12.2 Å². The lowest BCUT2D eigenvalue weighted by Gasteiger charge is -2.32. The summed E-state index contributed by atoms with van der Waals surface area (Å²) in [5, 5.41) is 8.18. The van der Waals surface area contributed by atoms with Crippen LogP contribution < -0.4 is 4.90 Å². The third-order valence-corrected chi connectivity index (χ3v) is 3.41. The molecule has 0 spiro atoms. The lowest BCUT2D eigenvalue weighted by atomic mass is 10.2. The highest BCUT2D eigenvalue weighted by Crippen LogP contribution is 2.28. The van der Waals surface area contributed by atoms with Crippen molar-refractivity contribution in [3.05, 3.63) is 16.7 Å². The van der Waals surface area contributed by atoms with E-state index in [1.807, 2.05) is 12.1 Å². The summed E-state index contributed by atoms with van der Waals surface area (Å²) in [6, 6.07) is 3.93. The molecule has 1 aromatic rings. The molecule has 3 rings (SSSR count). The number of anilines is 1. The van der Waals surface area contributed by atoms with E-state index in [4.69, 9.17) is 4.74 Å². The highest BCUT2D eigenvalue weighted by Gasteiger charge is 2.34. The van der Waals surface area contributed by atoms with Crippen molar-refractivity contribution >= 4 is 21.7 Å². The zero-order valence-corrected chi connectivity index (χ0v) is 9.85. The molecule has 0 N–H and O–H groups in total. The summed E-state index contributed by atoms with van der Waals surface area (Å²) in [5.74, 6) is 0.957. The smallest absolute Gasteiger partial charge is 0.151 e.